The molecule has 0 aliphatic rings. The lowest BCUT2D eigenvalue weighted by atomic mass is 10.2. The van der Waals surface area contributed by atoms with Gasteiger partial charge in [-0.05, 0) is 60.1 Å². The van der Waals surface area contributed by atoms with Gasteiger partial charge in [-0.15, -0.1) is 0 Å². The van der Waals surface area contributed by atoms with Crippen molar-refractivity contribution in [2.75, 3.05) is 0 Å². The summed E-state index contributed by atoms with van der Waals surface area (Å²) in [4.78, 5) is 40.2. The first-order valence-electron chi connectivity index (χ1n) is 8.37. The molecule has 0 unspecified atom stereocenters. The fourth-order valence-electron chi connectivity index (χ4n) is 1.77. The molecule has 0 radical (unpaired) electrons. The molecule has 0 saturated carbocycles. The van der Waals surface area contributed by atoms with Crippen molar-refractivity contribution in [3.05, 3.63) is 29.6 Å². The lowest BCUT2D eigenvalue weighted by molar-refractivity contribution is -0.00605. The van der Waals surface area contributed by atoms with Crippen LogP contribution in [0.4, 0.5) is 9.59 Å². The Balaban J connectivity index is 2.87. The summed E-state index contributed by atoms with van der Waals surface area (Å²) in [5.74, 6) is -0.789. The second-order valence-corrected chi connectivity index (χ2v) is 7.83. The lowest BCUT2D eigenvalue weighted by Gasteiger charge is -2.25. The Morgan fingerprint density at radius 1 is 0.926 bits per heavy atom. The number of nitrogens with zero attached hydrogens (tertiary/aromatic N) is 1. The van der Waals surface area contributed by atoms with Crippen LogP contribution in [-0.2, 0) is 14.2 Å². The molecule has 9 heteroatoms. The molecule has 1 aromatic rings. The molecule has 0 atom stereocenters. The number of hydrogen-bond donors (Lipinski definition) is 2. The average molecular weight is 381 g/mol. The van der Waals surface area contributed by atoms with Crippen molar-refractivity contribution in [2.45, 2.75) is 66.0 Å². The second kappa shape index (κ2) is 8.70. The van der Waals surface area contributed by atoms with Crippen molar-refractivity contribution in [1.29, 1.82) is 0 Å². The van der Waals surface area contributed by atoms with Gasteiger partial charge in [0.1, 0.15) is 11.2 Å². The van der Waals surface area contributed by atoms with E-state index in [1.807, 2.05) is 0 Å². The van der Waals surface area contributed by atoms with Crippen LogP contribution in [0.25, 0.3) is 0 Å². The molecule has 0 aliphatic heterocycles. The van der Waals surface area contributed by atoms with E-state index in [1.165, 1.54) is 6.20 Å². The van der Waals surface area contributed by atoms with Crippen LogP contribution < -0.4 is 10.6 Å². The second-order valence-electron chi connectivity index (χ2n) is 7.83. The summed E-state index contributed by atoms with van der Waals surface area (Å²) in [7, 11) is 0. The van der Waals surface area contributed by atoms with Gasteiger partial charge in [-0.3, -0.25) is 15.6 Å². The zero-order chi connectivity index (χ0) is 20.8. The Labute approximate surface area is 158 Å². The number of aryl methyl sites for hydroxylation is 1. The lowest BCUT2D eigenvalue weighted by Crippen LogP contribution is -2.52. The highest BCUT2D eigenvalue weighted by molar-refractivity contribution is 5.89. The molecular formula is C18H27N3O6. The zero-order valence-electron chi connectivity index (χ0n) is 16.7. The van der Waals surface area contributed by atoms with Crippen molar-refractivity contribution < 1.29 is 28.6 Å². The number of pyridine rings is 1. The number of esters is 1. The van der Waals surface area contributed by atoms with Gasteiger partial charge in [0, 0.05) is 12.4 Å². The molecule has 0 aromatic carbocycles. The SMILES string of the molecule is Cc1cncc(C(=O)OC(NC(=O)OC(C)(C)C)NC(=O)OC(C)(C)C)c1. The van der Waals surface area contributed by atoms with Gasteiger partial charge in [0.15, 0.2) is 0 Å². The highest BCUT2D eigenvalue weighted by Crippen LogP contribution is 2.09. The van der Waals surface area contributed by atoms with E-state index in [4.69, 9.17) is 14.2 Å². The molecule has 0 fully saturated rings. The third-order valence-electron chi connectivity index (χ3n) is 2.63. The molecule has 27 heavy (non-hydrogen) atoms. The number of ether oxygens (including phenoxy) is 3. The van der Waals surface area contributed by atoms with E-state index in [0.29, 0.717) is 0 Å². The number of carbonyl (C=O) groups is 3. The quantitative estimate of drug-likeness (QED) is 0.468. The number of carbonyl (C=O) groups excluding carboxylic acids is 3. The minimum Gasteiger partial charge on any atom is -0.444 e. The highest BCUT2D eigenvalue weighted by atomic mass is 16.6. The molecule has 0 bridgehead atoms. The third-order valence-corrected chi connectivity index (χ3v) is 2.63. The van der Waals surface area contributed by atoms with Crippen molar-refractivity contribution in [3.63, 3.8) is 0 Å². The summed E-state index contributed by atoms with van der Waals surface area (Å²) in [5.41, 5.74) is -0.631. The molecule has 1 rings (SSSR count). The van der Waals surface area contributed by atoms with E-state index in [9.17, 15) is 14.4 Å². The molecule has 0 spiro atoms. The topological polar surface area (TPSA) is 116 Å². The Hall–Kier alpha value is -2.84. The van der Waals surface area contributed by atoms with Crippen molar-refractivity contribution in [1.82, 2.24) is 15.6 Å². The molecule has 9 nitrogen and oxygen atoms in total. The first-order valence-corrected chi connectivity index (χ1v) is 8.37. The van der Waals surface area contributed by atoms with E-state index >= 15 is 0 Å². The summed E-state index contributed by atoms with van der Waals surface area (Å²) in [6.07, 6.45) is -0.361. The number of hydrogen-bond acceptors (Lipinski definition) is 7. The van der Waals surface area contributed by atoms with Crippen LogP contribution in [0, 0.1) is 6.92 Å². The zero-order valence-corrected chi connectivity index (χ0v) is 16.7. The summed E-state index contributed by atoms with van der Waals surface area (Å²) in [5, 5.41) is 4.54. The molecule has 2 amide bonds. The number of aromatic nitrogens is 1. The minimum atomic E-state index is -1.50. The van der Waals surface area contributed by atoms with Gasteiger partial charge in [0.2, 0.25) is 0 Å². The molecule has 2 N–H and O–H groups in total. The van der Waals surface area contributed by atoms with Gasteiger partial charge in [-0.1, -0.05) is 0 Å². The summed E-state index contributed by atoms with van der Waals surface area (Å²) < 4.78 is 15.4. The molecule has 150 valence electrons. The van der Waals surface area contributed by atoms with Gasteiger partial charge in [-0.25, -0.2) is 14.4 Å². The van der Waals surface area contributed by atoms with E-state index in [2.05, 4.69) is 15.6 Å². The predicted molar refractivity (Wildman–Crippen MR) is 96.9 cm³/mol. The van der Waals surface area contributed by atoms with Crippen LogP contribution in [-0.4, -0.2) is 40.7 Å². The maximum Gasteiger partial charge on any atom is 0.412 e. The number of nitrogens with one attached hydrogen (secondary N) is 2. The largest absolute Gasteiger partial charge is 0.444 e. The average Bonchev–Trinajstić information content (AvgIpc) is 2.42. The molecule has 1 aromatic heterocycles. The van der Waals surface area contributed by atoms with Crippen molar-refractivity contribution in [3.8, 4) is 0 Å². The first kappa shape index (κ1) is 22.2. The van der Waals surface area contributed by atoms with Crippen molar-refractivity contribution >= 4 is 18.2 Å². The number of rotatable bonds is 4. The number of amides is 2. The van der Waals surface area contributed by atoms with Crippen molar-refractivity contribution in [2.24, 2.45) is 0 Å². The van der Waals surface area contributed by atoms with Crippen LogP contribution in [0.5, 0.6) is 0 Å². The summed E-state index contributed by atoms with van der Waals surface area (Å²) >= 11 is 0. The maximum atomic E-state index is 12.3. The van der Waals surface area contributed by atoms with Crippen LogP contribution in [0.2, 0.25) is 0 Å². The maximum absolute atomic E-state index is 12.3. The number of alkyl carbamates (subject to hydrolysis) is 2. The Morgan fingerprint density at radius 2 is 1.41 bits per heavy atom. The Kier molecular flexibility index (Phi) is 7.15. The van der Waals surface area contributed by atoms with Crippen LogP contribution in [0.3, 0.4) is 0 Å². The van der Waals surface area contributed by atoms with Crippen LogP contribution in [0.1, 0.15) is 57.5 Å². The summed E-state index contributed by atoms with van der Waals surface area (Å²) in [6.45, 7) is 11.8. The van der Waals surface area contributed by atoms with E-state index in [1.54, 1.807) is 60.7 Å². The fraction of sp³-hybridized carbons (Fsp3) is 0.556. The monoisotopic (exact) mass is 381 g/mol. The Bertz CT molecular complexity index is 661. The third kappa shape index (κ3) is 9.43. The molecule has 1 heterocycles. The van der Waals surface area contributed by atoms with Gasteiger partial charge in [-0.2, -0.15) is 0 Å². The van der Waals surface area contributed by atoms with E-state index < -0.39 is 35.7 Å². The molecule has 0 saturated heterocycles. The standard InChI is InChI=1S/C18H27N3O6/c1-11-8-12(10-19-9-11)13(22)25-14(20-15(23)26-17(2,3)4)21-16(24)27-18(5,6)7/h8-10,14H,1-7H3,(H,20,23)(H,21,24). The molecule has 0 aliphatic carbocycles. The van der Waals surface area contributed by atoms with Crippen LogP contribution >= 0.6 is 0 Å². The highest BCUT2D eigenvalue weighted by Gasteiger charge is 2.26. The Morgan fingerprint density at radius 3 is 1.81 bits per heavy atom. The molecular weight excluding hydrogens is 354 g/mol. The fourth-order valence-corrected chi connectivity index (χ4v) is 1.77. The smallest absolute Gasteiger partial charge is 0.412 e. The predicted octanol–water partition coefficient (Wildman–Crippen LogP) is 2.88. The van der Waals surface area contributed by atoms with Gasteiger partial charge in [0.05, 0.1) is 5.56 Å². The van der Waals surface area contributed by atoms with Gasteiger partial charge < -0.3 is 14.2 Å². The van der Waals surface area contributed by atoms with Gasteiger partial charge >= 0.3 is 18.2 Å². The van der Waals surface area contributed by atoms with Crippen LogP contribution in [0.15, 0.2) is 18.5 Å². The van der Waals surface area contributed by atoms with Gasteiger partial charge in [0.25, 0.3) is 6.35 Å². The normalized spacial score (nSPS) is 11.6. The van der Waals surface area contributed by atoms with E-state index in [0.717, 1.165) is 5.56 Å². The first-order chi connectivity index (χ1) is 12.2. The van der Waals surface area contributed by atoms with E-state index in [-0.39, 0.29) is 5.56 Å². The summed E-state index contributed by atoms with van der Waals surface area (Å²) in [6, 6.07) is 1.56. The minimum absolute atomic E-state index is 0.164.